The Balaban J connectivity index is 2.08. The molecule has 1 fully saturated rings. The van der Waals surface area contributed by atoms with Gasteiger partial charge in [0.2, 0.25) is 10.0 Å². The molecular weight excluding hydrogens is 292 g/mol. The first-order valence-electron chi connectivity index (χ1n) is 7.10. The molecule has 1 aromatic heterocycles. The monoisotopic (exact) mass is 316 g/mol. The summed E-state index contributed by atoms with van der Waals surface area (Å²) in [4.78, 5) is 4.79. The minimum atomic E-state index is -3.34. The van der Waals surface area contributed by atoms with Crippen molar-refractivity contribution in [1.82, 2.24) is 9.21 Å². The largest absolute Gasteiger partial charge is 0.303 e. The fourth-order valence-electron chi connectivity index (χ4n) is 2.84. The topological polar surface area (TPSA) is 40.6 Å². The van der Waals surface area contributed by atoms with Crippen molar-refractivity contribution < 1.29 is 8.42 Å². The Morgan fingerprint density at radius 2 is 2.15 bits per heavy atom. The number of sulfonamides is 1. The molecule has 0 spiro atoms. The zero-order valence-corrected chi connectivity index (χ0v) is 14.4. The summed E-state index contributed by atoms with van der Waals surface area (Å²) in [6.45, 7) is 9.76. The van der Waals surface area contributed by atoms with Gasteiger partial charge in [0, 0.05) is 29.9 Å². The first-order valence-corrected chi connectivity index (χ1v) is 9.36. The second-order valence-electron chi connectivity index (χ2n) is 5.61. The predicted molar refractivity (Wildman–Crippen MR) is 83.8 cm³/mol. The Morgan fingerprint density at radius 3 is 2.65 bits per heavy atom. The van der Waals surface area contributed by atoms with Crippen LogP contribution in [0.15, 0.2) is 11.0 Å². The van der Waals surface area contributed by atoms with Crippen molar-refractivity contribution in [2.75, 3.05) is 33.2 Å². The maximum Gasteiger partial charge on any atom is 0.243 e. The zero-order valence-electron chi connectivity index (χ0n) is 12.7. The van der Waals surface area contributed by atoms with Gasteiger partial charge in [0.15, 0.2) is 0 Å². The Labute approximate surface area is 126 Å². The minimum Gasteiger partial charge on any atom is -0.303 e. The van der Waals surface area contributed by atoms with Crippen molar-refractivity contribution in [2.45, 2.75) is 32.1 Å². The lowest BCUT2D eigenvalue weighted by atomic mass is 10.1. The third kappa shape index (κ3) is 3.24. The normalized spacial score (nSPS) is 20.9. The quantitative estimate of drug-likeness (QED) is 0.837. The highest BCUT2D eigenvalue weighted by Crippen LogP contribution is 2.28. The van der Waals surface area contributed by atoms with E-state index in [0.29, 0.717) is 17.4 Å². The minimum absolute atomic E-state index is 0.453. The number of nitrogens with zero attached hydrogens (tertiary/aromatic N) is 2. The van der Waals surface area contributed by atoms with Crippen molar-refractivity contribution in [1.29, 1.82) is 0 Å². The average Bonchev–Trinajstić information content (AvgIpc) is 2.95. The van der Waals surface area contributed by atoms with Gasteiger partial charge in [-0.05, 0) is 45.3 Å². The lowest BCUT2D eigenvalue weighted by molar-refractivity contribution is 0.324. The van der Waals surface area contributed by atoms with Gasteiger partial charge in [-0.1, -0.05) is 6.92 Å². The van der Waals surface area contributed by atoms with Crippen LogP contribution in [0.25, 0.3) is 0 Å². The van der Waals surface area contributed by atoms with E-state index in [-0.39, 0.29) is 0 Å². The van der Waals surface area contributed by atoms with Crippen LogP contribution in [0, 0.1) is 19.8 Å². The summed E-state index contributed by atoms with van der Waals surface area (Å²) in [5, 5.41) is 0. The highest BCUT2D eigenvalue weighted by Gasteiger charge is 2.29. The molecule has 0 aliphatic carbocycles. The van der Waals surface area contributed by atoms with Crippen LogP contribution in [-0.2, 0) is 10.0 Å². The van der Waals surface area contributed by atoms with Crippen molar-refractivity contribution >= 4 is 21.4 Å². The molecule has 1 aliphatic heterocycles. The molecule has 0 saturated carbocycles. The highest BCUT2D eigenvalue weighted by molar-refractivity contribution is 7.89. The van der Waals surface area contributed by atoms with Gasteiger partial charge in [0.25, 0.3) is 0 Å². The summed E-state index contributed by atoms with van der Waals surface area (Å²) in [6.07, 6.45) is 1.09. The van der Waals surface area contributed by atoms with E-state index in [1.807, 2.05) is 13.8 Å². The highest BCUT2D eigenvalue weighted by atomic mass is 32.2. The molecule has 1 saturated heterocycles. The Bertz CT molecular complexity index is 566. The van der Waals surface area contributed by atoms with Crippen molar-refractivity contribution in [3.05, 3.63) is 15.8 Å². The van der Waals surface area contributed by atoms with Crippen molar-refractivity contribution in [3.8, 4) is 0 Å². The number of thiophene rings is 1. The summed E-state index contributed by atoms with van der Waals surface area (Å²) < 4.78 is 26.8. The van der Waals surface area contributed by atoms with E-state index >= 15 is 0 Å². The molecule has 0 radical (unpaired) electrons. The fraction of sp³-hybridized carbons (Fsp3) is 0.714. The van der Waals surface area contributed by atoms with Crippen LogP contribution >= 0.6 is 11.3 Å². The van der Waals surface area contributed by atoms with Crippen LogP contribution in [-0.4, -0.2) is 50.8 Å². The van der Waals surface area contributed by atoms with Crippen molar-refractivity contribution in [2.24, 2.45) is 5.92 Å². The van der Waals surface area contributed by atoms with E-state index in [0.717, 1.165) is 35.8 Å². The van der Waals surface area contributed by atoms with Crippen LogP contribution in [0.4, 0.5) is 0 Å². The summed E-state index contributed by atoms with van der Waals surface area (Å²) in [7, 11) is -1.63. The number of likely N-dealkylation sites (tertiary alicyclic amines) is 1. The predicted octanol–water partition coefficient (Wildman–Crippen LogP) is 2.33. The van der Waals surface area contributed by atoms with Gasteiger partial charge >= 0.3 is 0 Å². The second-order valence-corrected chi connectivity index (χ2v) is 9.08. The maximum atomic E-state index is 12.6. The van der Waals surface area contributed by atoms with Gasteiger partial charge in [0.1, 0.15) is 0 Å². The molecule has 6 heteroatoms. The number of hydrogen-bond donors (Lipinski definition) is 0. The molecule has 0 N–H and O–H groups in total. The second kappa shape index (κ2) is 6.13. The van der Waals surface area contributed by atoms with Gasteiger partial charge in [-0.25, -0.2) is 12.7 Å². The third-order valence-electron chi connectivity index (χ3n) is 4.02. The molecule has 2 heterocycles. The summed E-state index contributed by atoms with van der Waals surface area (Å²) in [5.41, 5.74) is 0. The molecule has 20 heavy (non-hydrogen) atoms. The van der Waals surface area contributed by atoms with E-state index in [4.69, 9.17) is 0 Å². The first kappa shape index (κ1) is 15.9. The van der Waals surface area contributed by atoms with Crippen LogP contribution in [0.1, 0.15) is 23.1 Å². The Morgan fingerprint density at radius 1 is 1.45 bits per heavy atom. The molecule has 0 aromatic carbocycles. The maximum absolute atomic E-state index is 12.6. The lowest BCUT2D eigenvalue weighted by Crippen LogP contribution is -2.33. The first-order chi connectivity index (χ1) is 9.34. The SMILES string of the molecule is CCN1CC[C@H](CN(C)S(=O)(=O)c2cc(C)sc2C)C1. The van der Waals surface area contributed by atoms with Gasteiger partial charge < -0.3 is 4.90 Å². The number of hydrogen-bond acceptors (Lipinski definition) is 4. The van der Waals surface area contributed by atoms with E-state index < -0.39 is 10.0 Å². The van der Waals surface area contributed by atoms with Crippen LogP contribution in [0.5, 0.6) is 0 Å². The average molecular weight is 316 g/mol. The molecule has 0 bridgehead atoms. The standard InChI is InChI=1S/C14H24N2O2S2/c1-5-16-7-6-13(10-16)9-15(4)20(17,18)14-8-11(2)19-12(14)3/h8,13H,5-7,9-10H2,1-4H3/t13-/m1/s1. The van der Waals surface area contributed by atoms with Gasteiger partial charge in [-0.3, -0.25) is 0 Å². The van der Waals surface area contributed by atoms with E-state index in [9.17, 15) is 8.42 Å². The molecule has 0 unspecified atom stereocenters. The Hall–Kier alpha value is -0.430. The Kier molecular flexibility index (Phi) is 4.89. The number of rotatable bonds is 5. The van der Waals surface area contributed by atoms with Crippen LogP contribution < -0.4 is 0 Å². The van der Waals surface area contributed by atoms with Crippen LogP contribution in [0.2, 0.25) is 0 Å². The lowest BCUT2D eigenvalue weighted by Gasteiger charge is -2.21. The van der Waals surface area contributed by atoms with Crippen molar-refractivity contribution in [3.63, 3.8) is 0 Å². The molecule has 4 nitrogen and oxygen atoms in total. The molecular formula is C14H24N2O2S2. The molecule has 1 aliphatic rings. The van der Waals surface area contributed by atoms with E-state index in [1.54, 1.807) is 24.5 Å². The smallest absolute Gasteiger partial charge is 0.243 e. The number of aryl methyl sites for hydroxylation is 2. The third-order valence-corrected chi connectivity index (χ3v) is 7.06. The van der Waals surface area contributed by atoms with E-state index in [1.165, 1.54) is 4.31 Å². The summed E-state index contributed by atoms with van der Waals surface area (Å²) in [6, 6.07) is 1.79. The molecule has 1 atom stereocenters. The fourth-order valence-corrected chi connectivity index (χ4v) is 5.61. The van der Waals surface area contributed by atoms with Gasteiger partial charge in [-0.2, -0.15) is 0 Å². The summed E-state index contributed by atoms with van der Waals surface area (Å²) in [5.74, 6) is 0.453. The summed E-state index contributed by atoms with van der Waals surface area (Å²) >= 11 is 1.55. The molecule has 1 aromatic rings. The van der Waals surface area contributed by atoms with Gasteiger partial charge in [-0.15, -0.1) is 11.3 Å². The van der Waals surface area contributed by atoms with E-state index in [2.05, 4.69) is 11.8 Å². The molecule has 114 valence electrons. The molecule has 2 rings (SSSR count). The van der Waals surface area contributed by atoms with Crippen LogP contribution in [0.3, 0.4) is 0 Å². The zero-order chi connectivity index (χ0) is 14.9. The molecule has 0 amide bonds. The van der Waals surface area contributed by atoms with Gasteiger partial charge in [0.05, 0.1) is 4.90 Å².